The number of hydrogen-bond donors (Lipinski definition) is 0. The number of aryl methyl sites for hydroxylation is 1. The number of likely N-dealkylation sites (tertiary alicyclic amines) is 1. The Kier molecular flexibility index (Phi) is 6.10. The van der Waals surface area contributed by atoms with Crippen LogP contribution in [0.4, 0.5) is 0 Å². The Morgan fingerprint density at radius 2 is 1.87 bits per heavy atom. The molecule has 1 aromatic heterocycles. The van der Waals surface area contributed by atoms with Crippen LogP contribution in [0.15, 0.2) is 12.3 Å². The fourth-order valence-corrected chi connectivity index (χ4v) is 4.73. The van der Waals surface area contributed by atoms with Crippen molar-refractivity contribution in [3.05, 3.63) is 29.1 Å². The van der Waals surface area contributed by atoms with Crippen LogP contribution in [0.1, 0.15) is 87.6 Å². The molecule has 3 rings (SSSR count). The molecule has 2 nitrogen and oxygen atoms in total. The number of unbranched alkanes of at least 4 members (excludes halogenated alkanes) is 6. The molecule has 0 radical (unpaired) electrons. The zero-order valence-corrected chi connectivity index (χ0v) is 15.2. The molecule has 1 aromatic rings. The highest BCUT2D eigenvalue weighted by atomic mass is 15.2. The van der Waals surface area contributed by atoms with Gasteiger partial charge in [0.2, 0.25) is 0 Å². The average Bonchev–Trinajstić information content (AvgIpc) is 2.96. The van der Waals surface area contributed by atoms with Crippen LogP contribution in [0.25, 0.3) is 0 Å². The number of aromatic nitrogens is 1. The van der Waals surface area contributed by atoms with Crippen LogP contribution in [0.2, 0.25) is 0 Å². The topological polar surface area (TPSA) is 16.1 Å². The predicted octanol–water partition coefficient (Wildman–Crippen LogP) is 5.31. The average molecular weight is 315 g/mol. The van der Waals surface area contributed by atoms with E-state index < -0.39 is 0 Å². The lowest BCUT2D eigenvalue weighted by Gasteiger charge is -2.32. The first kappa shape index (κ1) is 17.0. The highest BCUT2D eigenvalue weighted by Crippen LogP contribution is 2.44. The van der Waals surface area contributed by atoms with Gasteiger partial charge in [-0.05, 0) is 68.8 Å². The summed E-state index contributed by atoms with van der Waals surface area (Å²) in [5, 5.41) is 0. The Labute approximate surface area is 142 Å². The molecule has 1 aliphatic heterocycles. The Bertz CT molecular complexity index is 497. The van der Waals surface area contributed by atoms with Crippen LogP contribution in [0.5, 0.6) is 0 Å². The molecule has 2 heterocycles. The fraction of sp³-hybridized carbons (Fsp3) is 0.762. The standard InChI is InChI=1S/C21H34N2/c1-3-4-5-6-7-8-9-10-20-18-12-11-17-14-16-23(2)21(17)19(18)13-15-22-20/h13,15,17,21H,3-12,14,16H2,1-2H3/t17-,21+/m0/s1. The van der Waals surface area contributed by atoms with Crippen LogP contribution in [-0.2, 0) is 12.8 Å². The molecular formula is C21H34N2. The minimum Gasteiger partial charge on any atom is -0.299 e. The molecule has 2 atom stereocenters. The summed E-state index contributed by atoms with van der Waals surface area (Å²) in [6, 6.07) is 2.98. The SMILES string of the molecule is CCCCCCCCCc1nccc2c1CC[C@H]1CCN(C)[C@@H]21. The number of pyridine rings is 1. The summed E-state index contributed by atoms with van der Waals surface area (Å²) in [6.45, 7) is 3.56. The number of hydrogen-bond acceptors (Lipinski definition) is 2. The van der Waals surface area contributed by atoms with Crippen LogP contribution in [0, 0.1) is 5.92 Å². The largest absolute Gasteiger partial charge is 0.299 e. The van der Waals surface area contributed by atoms with Crippen LogP contribution >= 0.6 is 0 Å². The maximum atomic E-state index is 4.76. The molecular weight excluding hydrogens is 280 g/mol. The second-order valence-corrected chi connectivity index (χ2v) is 7.71. The Balaban J connectivity index is 1.55. The molecule has 2 aliphatic rings. The van der Waals surface area contributed by atoms with E-state index in [1.165, 1.54) is 82.9 Å². The molecule has 23 heavy (non-hydrogen) atoms. The van der Waals surface area contributed by atoms with Gasteiger partial charge < -0.3 is 0 Å². The van der Waals surface area contributed by atoms with E-state index in [1.54, 1.807) is 11.1 Å². The summed E-state index contributed by atoms with van der Waals surface area (Å²) < 4.78 is 0. The molecule has 0 bridgehead atoms. The Morgan fingerprint density at radius 1 is 1.09 bits per heavy atom. The molecule has 1 fully saturated rings. The molecule has 0 spiro atoms. The van der Waals surface area contributed by atoms with Crippen LogP contribution in [-0.4, -0.2) is 23.5 Å². The van der Waals surface area contributed by atoms with E-state index in [1.807, 2.05) is 0 Å². The van der Waals surface area contributed by atoms with Gasteiger partial charge in [0.25, 0.3) is 0 Å². The Hall–Kier alpha value is -0.890. The smallest absolute Gasteiger partial charge is 0.0438 e. The molecule has 0 aromatic carbocycles. The summed E-state index contributed by atoms with van der Waals surface area (Å²) in [4.78, 5) is 7.33. The van der Waals surface area contributed by atoms with E-state index in [0.29, 0.717) is 6.04 Å². The second kappa shape index (κ2) is 8.28. The van der Waals surface area contributed by atoms with E-state index in [-0.39, 0.29) is 0 Å². The van der Waals surface area contributed by atoms with Gasteiger partial charge in [-0.3, -0.25) is 9.88 Å². The Morgan fingerprint density at radius 3 is 2.70 bits per heavy atom. The summed E-state index contributed by atoms with van der Waals surface area (Å²) >= 11 is 0. The minimum atomic E-state index is 0.676. The van der Waals surface area contributed by atoms with Gasteiger partial charge in [0.1, 0.15) is 0 Å². The first-order chi connectivity index (χ1) is 11.3. The van der Waals surface area contributed by atoms with Crippen molar-refractivity contribution in [1.29, 1.82) is 0 Å². The molecule has 128 valence electrons. The minimum absolute atomic E-state index is 0.676. The second-order valence-electron chi connectivity index (χ2n) is 7.71. The van der Waals surface area contributed by atoms with Gasteiger partial charge >= 0.3 is 0 Å². The third kappa shape index (κ3) is 3.96. The van der Waals surface area contributed by atoms with Gasteiger partial charge in [-0.15, -0.1) is 0 Å². The lowest BCUT2D eigenvalue weighted by Crippen LogP contribution is -2.26. The molecule has 0 N–H and O–H groups in total. The molecule has 1 saturated heterocycles. The molecule has 1 aliphatic carbocycles. The van der Waals surface area contributed by atoms with Crippen molar-refractivity contribution < 1.29 is 0 Å². The van der Waals surface area contributed by atoms with Crippen molar-refractivity contribution in [2.24, 2.45) is 5.92 Å². The third-order valence-electron chi connectivity index (χ3n) is 6.06. The quantitative estimate of drug-likeness (QED) is 0.604. The highest BCUT2D eigenvalue weighted by Gasteiger charge is 2.37. The zero-order chi connectivity index (χ0) is 16.1. The van der Waals surface area contributed by atoms with Crippen molar-refractivity contribution in [3.8, 4) is 0 Å². The van der Waals surface area contributed by atoms with Crippen LogP contribution in [0.3, 0.4) is 0 Å². The first-order valence-electron chi connectivity index (χ1n) is 9.98. The van der Waals surface area contributed by atoms with Crippen molar-refractivity contribution in [2.75, 3.05) is 13.6 Å². The number of fused-ring (bicyclic) bond motifs is 3. The van der Waals surface area contributed by atoms with E-state index in [0.717, 1.165) is 5.92 Å². The van der Waals surface area contributed by atoms with Gasteiger partial charge in [0.15, 0.2) is 0 Å². The van der Waals surface area contributed by atoms with Gasteiger partial charge in [0.05, 0.1) is 0 Å². The maximum absolute atomic E-state index is 4.76. The summed E-state index contributed by atoms with van der Waals surface area (Å²) in [5.41, 5.74) is 4.62. The van der Waals surface area contributed by atoms with Gasteiger partial charge in [-0.25, -0.2) is 0 Å². The first-order valence-corrected chi connectivity index (χ1v) is 9.98. The molecule has 0 amide bonds. The summed E-state index contributed by atoms with van der Waals surface area (Å²) in [7, 11) is 2.30. The van der Waals surface area contributed by atoms with Crippen molar-refractivity contribution in [3.63, 3.8) is 0 Å². The predicted molar refractivity (Wildman–Crippen MR) is 97.7 cm³/mol. The van der Waals surface area contributed by atoms with Crippen molar-refractivity contribution >= 4 is 0 Å². The van der Waals surface area contributed by atoms with E-state index in [2.05, 4.69) is 31.1 Å². The number of rotatable bonds is 8. The third-order valence-corrected chi connectivity index (χ3v) is 6.06. The number of nitrogens with zero attached hydrogens (tertiary/aromatic N) is 2. The maximum Gasteiger partial charge on any atom is 0.0438 e. The monoisotopic (exact) mass is 314 g/mol. The lowest BCUT2D eigenvalue weighted by atomic mass is 9.79. The normalized spacial score (nSPS) is 23.7. The molecule has 0 saturated carbocycles. The van der Waals surface area contributed by atoms with Crippen LogP contribution < -0.4 is 0 Å². The van der Waals surface area contributed by atoms with Gasteiger partial charge in [0, 0.05) is 17.9 Å². The van der Waals surface area contributed by atoms with E-state index in [4.69, 9.17) is 4.98 Å². The molecule has 0 unspecified atom stereocenters. The van der Waals surface area contributed by atoms with E-state index in [9.17, 15) is 0 Å². The van der Waals surface area contributed by atoms with Gasteiger partial charge in [-0.1, -0.05) is 45.4 Å². The molecule has 2 heteroatoms. The van der Waals surface area contributed by atoms with Crippen molar-refractivity contribution in [2.45, 2.75) is 83.6 Å². The summed E-state index contributed by atoms with van der Waals surface area (Å²) in [5.74, 6) is 0.890. The van der Waals surface area contributed by atoms with Gasteiger partial charge in [-0.2, -0.15) is 0 Å². The fourth-order valence-electron chi connectivity index (χ4n) is 4.73. The highest BCUT2D eigenvalue weighted by molar-refractivity contribution is 5.36. The zero-order valence-electron chi connectivity index (χ0n) is 15.2. The van der Waals surface area contributed by atoms with Crippen molar-refractivity contribution in [1.82, 2.24) is 9.88 Å². The lowest BCUT2D eigenvalue weighted by molar-refractivity contribution is 0.256. The van der Waals surface area contributed by atoms with E-state index >= 15 is 0 Å². The summed E-state index contributed by atoms with van der Waals surface area (Å²) in [6.07, 6.45) is 17.0.